The Labute approximate surface area is 186 Å². The minimum atomic E-state index is -0.764. The molecule has 0 saturated carbocycles. The maximum atomic E-state index is 13.1. The number of benzene rings is 3. The van der Waals surface area contributed by atoms with E-state index in [1.165, 1.54) is 6.07 Å². The summed E-state index contributed by atoms with van der Waals surface area (Å²) in [5, 5.41) is 30.0. The van der Waals surface area contributed by atoms with Gasteiger partial charge in [0.25, 0.3) is 11.6 Å². The Hall–Kier alpha value is -5.06. The van der Waals surface area contributed by atoms with Gasteiger partial charge in [-0.25, -0.2) is 0 Å². The summed E-state index contributed by atoms with van der Waals surface area (Å²) in [6.07, 6.45) is 1.61. The predicted molar refractivity (Wildman–Crippen MR) is 123 cm³/mol. The van der Waals surface area contributed by atoms with E-state index < -0.39 is 27.1 Å². The van der Waals surface area contributed by atoms with Crippen LogP contribution in [0.4, 0.5) is 22.7 Å². The Morgan fingerprint density at radius 3 is 2.36 bits per heavy atom. The number of H-pyrrole nitrogens is 1. The summed E-state index contributed by atoms with van der Waals surface area (Å²) in [5.74, 6) is -0.553. The maximum Gasteiger partial charge on any atom is 0.301 e. The molecule has 3 aromatic carbocycles. The van der Waals surface area contributed by atoms with Crippen LogP contribution in [0.3, 0.4) is 0 Å². The number of para-hydroxylation sites is 2. The fraction of sp³-hybridized carbons (Fsp3) is 0. The minimum absolute atomic E-state index is 0.0380. The number of non-ortho nitro benzene ring substituents is 1. The van der Waals surface area contributed by atoms with Crippen LogP contribution in [0.15, 0.2) is 84.1 Å². The van der Waals surface area contributed by atoms with Crippen molar-refractivity contribution in [1.29, 1.82) is 0 Å². The van der Waals surface area contributed by atoms with Gasteiger partial charge in [-0.3, -0.25) is 30.4 Å². The second-order valence-electron chi connectivity index (χ2n) is 6.86. The second-order valence-corrected chi connectivity index (χ2v) is 6.86. The third kappa shape index (κ3) is 4.51. The number of nitrogens with zero attached hydrogens (tertiary/aromatic N) is 3. The van der Waals surface area contributed by atoms with Crippen molar-refractivity contribution in [2.24, 2.45) is 5.10 Å². The van der Waals surface area contributed by atoms with Crippen molar-refractivity contribution < 1.29 is 14.6 Å². The first-order chi connectivity index (χ1) is 15.9. The van der Waals surface area contributed by atoms with Gasteiger partial charge < -0.3 is 10.3 Å². The third-order valence-corrected chi connectivity index (χ3v) is 4.77. The van der Waals surface area contributed by atoms with E-state index in [1.807, 2.05) is 12.1 Å². The molecule has 1 heterocycles. The topological polar surface area (TPSA) is 156 Å². The zero-order chi connectivity index (χ0) is 23.4. The summed E-state index contributed by atoms with van der Waals surface area (Å²) in [6.45, 7) is 0. The molecule has 0 fully saturated rings. The van der Waals surface area contributed by atoms with Crippen LogP contribution < -0.4 is 10.7 Å². The highest BCUT2D eigenvalue weighted by molar-refractivity contribution is 6.50. The first-order valence-corrected chi connectivity index (χ1v) is 9.63. The Morgan fingerprint density at radius 1 is 0.909 bits per heavy atom. The number of fused-ring (bicyclic) bond motifs is 1. The summed E-state index contributed by atoms with van der Waals surface area (Å²) in [6, 6.07) is 19.1. The molecule has 3 N–H and O–H groups in total. The van der Waals surface area contributed by atoms with Crippen molar-refractivity contribution in [2.75, 3.05) is 10.7 Å². The molecule has 1 aromatic heterocycles. The molecule has 33 heavy (non-hydrogen) atoms. The lowest BCUT2D eigenvalue weighted by Gasteiger charge is -2.09. The van der Waals surface area contributed by atoms with E-state index in [1.54, 1.807) is 48.7 Å². The van der Waals surface area contributed by atoms with Crippen LogP contribution in [0.1, 0.15) is 5.56 Å². The third-order valence-electron chi connectivity index (χ3n) is 4.77. The van der Waals surface area contributed by atoms with Crippen molar-refractivity contribution in [3.8, 4) is 0 Å². The molecular formula is C22H16N6O5. The Balaban J connectivity index is 1.76. The summed E-state index contributed by atoms with van der Waals surface area (Å²) >= 11 is 0. The number of hydrogen-bond donors (Lipinski definition) is 3. The van der Waals surface area contributed by atoms with E-state index in [4.69, 9.17) is 0 Å². The van der Waals surface area contributed by atoms with Gasteiger partial charge in [-0.1, -0.05) is 36.4 Å². The average molecular weight is 444 g/mol. The number of carbonyl (C=O) groups excluding carboxylic acids is 1. The second kappa shape index (κ2) is 8.98. The van der Waals surface area contributed by atoms with Crippen molar-refractivity contribution >= 4 is 45.3 Å². The number of nitro benzene ring substituents is 2. The van der Waals surface area contributed by atoms with E-state index in [0.29, 0.717) is 11.3 Å². The fourth-order valence-electron chi connectivity index (χ4n) is 3.21. The van der Waals surface area contributed by atoms with E-state index in [0.717, 1.165) is 23.0 Å². The van der Waals surface area contributed by atoms with Crippen LogP contribution in [-0.2, 0) is 4.79 Å². The summed E-state index contributed by atoms with van der Waals surface area (Å²) in [5.41, 5.74) is 3.19. The van der Waals surface area contributed by atoms with Crippen LogP contribution in [0.5, 0.6) is 0 Å². The highest BCUT2D eigenvalue weighted by Crippen LogP contribution is 2.29. The number of anilines is 2. The first kappa shape index (κ1) is 21.2. The summed E-state index contributed by atoms with van der Waals surface area (Å²) < 4.78 is 0. The molecule has 4 rings (SSSR count). The largest absolute Gasteiger partial charge is 0.360 e. The van der Waals surface area contributed by atoms with Gasteiger partial charge >= 0.3 is 5.69 Å². The van der Waals surface area contributed by atoms with Crippen molar-refractivity contribution in [3.63, 3.8) is 0 Å². The number of rotatable bonds is 7. The molecule has 0 atom stereocenters. The number of hydrazone groups is 1. The van der Waals surface area contributed by atoms with Gasteiger partial charge in [-0.05, 0) is 24.3 Å². The molecule has 0 spiro atoms. The zero-order valence-electron chi connectivity index (χ0n) is 16.9. The van der Waals surface area contributed by atoms with Crippen LogP contribution in [-0.4, -0.2) is 26.4 Å². The van der Waals surface area contributed by atoms with E-state index >= 15 is 0 Å². The standard InChI is InChI=1S/C22H16N6O5/c29-22(24-14-6-2-1-3-7-14)21(17-13-23-18-9-5-4-8-16(17)18)26-25-19-11-10-15(27(30)31)12-20(19)28(32)33/h1-13,23,25H,(H,24,29). The van der Waals surface area contributed by atoms with Gasteiger partial charge in [-0.2, -0.15) is 5.10 Å². The monoisotopic (exact) mass is 444 g/mol. The highest BCUT2D eigenvalue weighted by Gasteiger charge is 2.22. The summed E-state index contributed by atoms with van der Waals surface area (Å²) in [7, 11) is 0. The van der Waals surface area contributed by atoms with Crippen molar-refractivity contribution in [2.45, 2.75) is 0 Å². The van der Waals surface area contributed by atoms with Crippen LogP contribution in [0, 0.1) is 20.2 Å². The molecule has 0 radical (unpaired) electrons. The van der Waals surface area contributed by atoms with Gasteiger partial charge in [-0.15, -0.1) is 0 Å². The molecule has 11 nitrogen and oxygen atoms in total. The van der Waals surface area contributed by atoms with Crippen LogP contribution in [0.25, 0.3) is 10.9 Å². The Kier molecular flexibility index (Phi) is 5.76. The fourth-order valence-corrected chi connectivity index (χ4v) is 3.21. The zero-order valence-corrected chi connectivity index (χ0v) is 16.9. The molecular weight excluding hydrogens is 428 g/mol. The molecule has 0 saturated heterocycles. The number of amides is 1. The van der Waals surface area contributed by atoms with Gasteiger partial charge in [0.1, 0.15) is 5.69 Å². The number of hydrogen-bond acceptors (Lipinski definition) is 7. The smallest absolute Gasteiger partial charge is 0.301 e. The maximum absolute atomic E-state index is 13.1. The minimum Gasteiger partial charge on any atom is -0.360 e. The van der Waals surface area contributed by atoms with Crippen LogP contribution in [0.2, 0.25) is 0 Å². The van der Waals surface area contributed by atoms with Gasteiger partial charge in [0, 0.05) is 34.4 Å². The van der Waals surface area contributed by atoms with Gasteiger partial charge in [0.15, 0.2) is 5.71 Å². The quantitative estimate of drug-likeness (QED) is 0.217. The Morgan fingerprint density at radius 2 is 1.64 bits per heavy atom. The highest BCUT2D eigenvalue weighted by atomic mass is 16.6. The van der Waals surface area contributed by atoms with Crippen LogP contribution >= 0.6 is 0 Å². The molecule has 1 amide bonds. The number of aromatic nitrogens is 1. The normalized spacial score (nSPS) is 11.2. The van der Waals surface area contributed by atoms with Gasteiger partial charge in [0.2, 0.25) is 0 Å². The first-order valence-electron chi connectivity index (χ1n) is 9.63. The number of carbonyl (C=O) groups is 1. The Bertz CT molecular complexity index is 1400. The predicted octanol–water partition coefficient (Wildman–Crippen LogP) is 4.44. The number of aromatic amines is 1. The summed E-state index contributed by atoms with van der Waals surface area (Å²) in [4.78, 5) is 37.1. The lowest BCUT2D eigenvalue weighted by molar-refractivity contribution is -0.393. The van der Waals surface area contributed by atoms with Gasteiger partial charge in [0.05, 0.1) is 15.9 Å². The number of nitrogens with one attached hydrogen (secondary N) is 3. The molecule has 11 heteroatoms. The molecule has 0 aliphatic rings. The van der Waals surface area contributed by atoms with Crippen molar-refractivity contribution in [3.05, 3.63) is 105 Å². The molecule has 164 valence electrons. The molecule has 0 aliphatic heterocycles. The molecule has 0 aliphatic carbocycles. The average Bonchev–Trinajstić information content (AvgIpc) is 3.23. The lowest BCUT2D eigenvalue weighted by atomic mass is 10.1. The van der Waals surface area contributed by atoms with E-state index in [-0.39, 0.29) is 11.4 Å². The molecule has 0 unspecified atom stereocenters. The molecule has 4 aromatic rings. The lowest BCUT2D eigenvalue weighted by Crippen LogP contribution is -2.25. The van der Waals surface area contributed by atoms with E-state index in [2.05, 4.69) is 20.8 Å². The van der Waals surface area contributed by atoms with E-state index in [9.17, 15) is 25.0 Å². The number of nitro groups is 2. The van der Waals surface area contributed by atoms with Crippen molar-refractivity contribution in [1.82, 2.24) is 4.98 Å². The SMILES string of the molecule is O=C(Nc1ccccc1)C(=NNc1ccc([N+](=O)[O-])cc1[N+](=O)[O-])c1c[nH]c2ccccc12. The molecule has 0 bridgehead atoms.